The first-order valence-corrected chi connectivity index (χ1v) is 8.73. The summed E-state index contributed by atoms with van der Waals surface area (Å²) in [5.74, 6) is 0.794. The summed E-state index contributed by atoms with van der Waals surface area (Å²) < 4.78 is 11.3. The third-order valence-electron chi connectivity index (χ3n) is 4.06. The fourth-order valence-corrected chi connectivity index (χ4v) is 2.91. The van der Waals surface area contributed by atoms with Crippen LogP contribution in [0.3, 0.4) is 0 Å². The number of carbonyl (C=O) groups is 1. The monoisotopic (exact) mass is 343 g/mol. The quantitative estimate of drug-likeness (QED) is 0.851. The number of aromatic nitrogens is 2. The number of hydrogen-bond donors (Lipinski definition) is 0. The number of piperidine rings is 1. The number of benzene rings is 1. The Hall–Kier alpha value is -2.37. The number of nitrogens with zero attached hydrogens (tertiary/aromatic N) is 3. The molecule has 25 heavy (non-hydrogen) atoms. The smallest absolute Gasteiger partial charge is 0.410 e. The third-order valence-corrected chi connectivity index (χ3v) is 4.06. The SMILES string of the molecule is CC(C)(C)OC(=O)N1CCC[C@@H](COc2cnc3ccccc3n2)C1. The van der Waals surface area contributed by atoms with Crippen molar-refractivity contribution in [1.82, 2.24) is 14.9 Å². The molecule has 1 amide bonds. The number of para-hydroxylation sites is 2. The zero-order valence-corrected chi connectivity index (χ0v) is 15.1. The summed E-state index contributed by atoms with van der Waals surface area (Å²) in [5, 5.41) is 0. The molecule has 0 bridgehead atoms. The van der Waals surface area contributed by atoms with Crippen molar-refractivity contribution in [2.45, 2.75) is 39.2 Å². The summed E-state index contributed by atoms with van der Waals surface area (Å²) in [4.78, 5) is 22.8. The predicted molar refractivity (Wildman–Crippen MR) is 95.6 cm³/mol. The fourth-order valence-electron chi connectivity index (χ4n) is 2.91. The van der Waals surface area contributed by atoms with Crippen molar-refractivity contribution >= 4 is 17.1 Å². The number of amides is 1. The van der Waals surface area contributed by atoms with Crippen molar-refractivity contribution in [3.8, 4) is 5.88 Å². The Morgan fingerprint density at radius 1 is 1.28 bits per heavy atom. The van der Waals surface area contributed by atoms with Gasteiger partial charge in [-0.1, -0.05) is 12.1 Å². The van der Waals surface area contributed by atoms with Gasteiger partial charge in [0.25, 0.3) is 0 Å². The molecule has 1 aliphatic heterocycles. The van der Waals surface area contributed by atoms with Gasteiger partial charge < -0.3 is 14.4 Å². The van der Waals surface area contributed by atoms with Crippen LogP contribution in [0.4, 0.5) is 4.79 Å². The van der Waals surface area contributed by atoms with E-state index < -0.39 is 5.60 Å². The molecule has 0 unspecified atom stereocenters. The van der Waals surface area contributed by atoms with Crippen LogP contribution in [0.5, 0.6) is 5.88 Å². The van der Waals surface area contributed by atoms with Crippen LogP contribution in [0.15, 0.2) is 30.5 Å². The van der Waals surface area contributed by atoms with Gasteiger partial charge in [-0.05, 0) is 45.7 Å². The summed E-state index contributed by atoms with van der Waals surface area (Å²) in [7, 11) is 0. The van der Waals surface area contributed by atoms with Crippen molar-refractivity contribution in [3.05, 3.63) is 30.5 Å². The van der Waals surface area contributed by atoms with E-state index in [9.17, 15) is 4.79 Å². The highest BCUT2D eigenvalue weighted by molar-refractivity contribution is 5.73. The number of ether oxygens (including phenoxy) is 2. The molecular weight excluding hydrogens is 318 g/mol. The van der Waals surface area contributed by atoms with E-state index in [-0.39, 0.29) is 12.0 Å². The summed E-state index contributed by atoms with van der Waals surface area (Å²) in [6.45, 7) is 7.55. The number of carbonyl (C=O) groups excluding carboxylic acids is 1. The molecule has 1 aliphatic rings. The van der Waals surface area contributed by atoms with Gasteiger partial charge in [-0.25, -0.2) is 14.8 Å². The van der Waals surface area contributed by atoms with Crippen LogP contribution in [0.1, 0.15) is 33.6 Å². The van der Waals surface area contributed by atoms with Gasteiger partial charge in [-0.2, -0.15) is 0 Å². The van der Waals surface area contributed by atoms with Crippen LogP contribution < -0.4 is 4.74 Å². The van der Waals surface area contributed by atoms with Gasteiger partial charge >= 0.3 is 6.09 Å². The molecular formula is C19H25N3O3. The van der Waals surface area contributed by atoms with Gasteiger partial charge in [-0.3, -0.25) is 0 Å². The van der Waals surface area contributed by atoms with Crippen LogP contribution in [-0.4, -0.2) is 46.3 Å². The molecule has 0 saturated carbocycles. The molecule has 6 nitrogen and oxygen atoms in total. The first-order valence-electron chi connectivity index (χ1n) is 8.73. The molecule has 1 fully saturated rings. The van der Waals surface area contributed by atoms with Crippen LogP contribution in [0, 0.1) is 5.92 Å². The second-order valence-corrected chi connectivity index (χ2v) is 7.44. The van der Waals surface area contributed by atoms with Crippen molar-refractivity contribution in [3.63, 3.8) is 0 Å². The first-order chi connectivity index (χ1) is 11.9. The zero-order chi connectivity index (χ0) is 17.9. The van der Waals surface area contributed by atoms with E-state index in [4.69, 9.17) is 9.47 Å². The number of rotatable bonds is 3. The van der Waals surface area contributed by atoms with E-state index in [0.717, 1.165) is 30.4 Å². The second kappa shape index (κ2) is 7.25. The minimum absolute atomic E-state index is 0.248. The molecule has 1 aromatic heterocycles. The third kappa shape index (κ3) is 4.81. The average Bonchev–Trinajstić information content (AvgIpc) is 2.58. The van der Waals surface area contributed by atoms with Crippen LogP contribution in [0.25, 0.3) is 11.0 Å². The molecule has 0 spiro atoms. The largest absolute Gasteiger partial charge is 0.476 e. The maximum atomic E-state index is 12.2. The highest BCUT2D eigenvalue weighted by atomic mass is 16.6. The van der Waals surface area contributed by atoms with Gasteiger partial charge in [0.15, 0.2) is 0 Å². The maximum absolute atomic E-state index is 12.2. The zero-order valence-electron chi connectivity index (χ0n) is 15.1. The Morgan fingerprint density at radius 2 is 2.04 bits per heavy atom. The molecule has 0 radical (unpaired) electrons. The summed E-state index contributed by atoms with van der Waals surface area (Å²) in [6, 6.07) is 7.71. The number of hydrogen-bond acceptors (Lipinski definition) is 5. The molecule has 1 saturated heterocycles. The maximum Gasteiger partial charge on any atom is 0.410 e. The molecule has 1 atom stereocenters. The minimum Gasteiger partial charge on any atom is -0.476 e. The standard InChI is InChI=1S/C19H25N3O3/c1-19(2,3)25-18(23)22-10-6-7-14(12-22)13-24-17-11-20-15-8-4-5-9-16(15)21-17/h4-5,8-9,11,14H,6-7,10,12-13H2,1-3H3/t14-/m1/s1. The summed E-state index contributed by atoms with van der Waals surface area (Å²) in [6.07, 6.45) is 3.39. The Bertz CT molecular complexity index is 742. The lowest BCUT2D eigenvalue weighted by atomic mass is 9.99. The Labute approximate surface area is 148 Å². The highest BCUT2D eigenvalue weighted by Crippen LogP contribution is 2.21. The molecule has 3 rings (SSSR count). The van der Waals surface area contributed by atoms with E-state index >= 15 is 0 Å². The fraction of sp³-hybridized carbons (Fsp3) is 0.526. The van der Waals surface area contributed by atoms with Crippen molar-refractivity contribution in [2.75, 3.05) is 19.7 Å². The van der Waals surface area contributed by atoms with Crippen molar-refractivity contribution < 1.29 is 14.3 Å². The van der Waals surface area contributed by atoms with E-state index in [1.54, 1.807) is 11.1 Å². The van der Waals surface area contributed by atoms with Crippen LogP contribution >= 0.6 is 0 Å². The second-order valence-electron chi connectivity index (χ2n) is 7.44. The summed E-state index contributed by atoms with van der Waals surface area (Å²) >= 11 is 0. The Kier molecular flexibility index (Phi) is 5.06. The molecule has 134 valence electrons. The van der Waals surface area contributed by atoms with E-state index in [1.807, 2.05) is 45.0 Å². The molecule has 2 heterocycles. The lowest BCUT2D eigenvalue weighted by molar-refractivity contribution is 0.0138. The number of fused-ring (bicyclic) bond motifs is 1. The van der Waals surface area contributed by atoms with Gasteiger partial charge in [0.1, 0.15) is 5.60 Å². The van der Waals surface area contributed by atoms with E-state index in [0.29, 0.717) is 19.0 Å². The van der Waals surface area contributed by atoms with Gasteiger partial charge in [0, 0.05) is 19.0 Å². The van der Waals surface area contributed by atoms with E-state index in [1.165, 1.54) is 0 Å². The van der Waals surface area contributed by atoms with Crippen molar-refractivity contribution in [2.24, 2.45) is 5.92 Å². The molecule has 0 aliphatic carbocycles. The lowest BCUT2D eigenvalue weighted by Crippen LogP contribution is -2.44. The average molecular weight is 343 g/mol. The molecule has 6 heteroatoms. The normalized spacial score (nSPS) is 18.2. The minimum atomic E-state index is -0.471. The number of likely N-dealkylation sites (tertiary alicyclic amines) is 1. The highest BCUT2D eigenvalue weighted by Gasteiger charge is 2.28. The van der Waals surface area contributed by atoms with Gasteiger partial charge in [0.05, 0.1) is 23.8 Å². The lowest BCUT2D eigenvalue weighted by Gasteiger charge is -2.33. The Balaban J connectivity index is 1.56. The van der Waals surface area contributed by atoms with Crippen LogP contribution in [0.2, 0.25) is 0 Å². The van der Waals surface area contributed by atoms with E-state index in [2.05, 4.69) is 9.97 Å². The first kappa shape index (κ1) is 17.5. The molecule has 2 aromatic rings. The molecule has 1 aromatic carbocycles. The summed E-state index contributed by atoms with van der Waals surface area (Å²) in [5.41, 5.74) is 1.20. The Morgan fingerprint density at radius 3 is 2.80 bits per heavy atom. The van der Waals surface area contributed by atoms with Crippen LogP contribution in [-0.2, 0) is 4.74 Å². The van der Waals surface area contributed by atoms with Gasteiger partial charge in [-0.15, -0.1) is 0 Å². The van der Waals surface area contributed by atoms with Gasteiger partial charge in [0.2, 0.25) is 5.88 Å². The predicted octanol–water partition coefficient (Wildman–Crippen LogP) is 3.66. The molecule has 0 N–H and O–H groups in total. The topological polar surface area (TPSA) is 64.5 Å². The van der Waals surface area contributed by atoms with Crippen molar-refractivity contribution in [1.29, 1.82) is 0 Å².